The molecular weight excluding hydrogens is 326 g/mol. The largest absolute Gasteiger partial charge is 0.436 e. The molecule has 0 spiro atoms. The van der Waals surface area contributed by atoms with Gasteiger partial charge in [0.05, 0.1) is 6.42 Å². The van der Waals surface area contributed by atoms with Crippen molar-refractivity contribution in [3.63, 3.8) is 0 Å². The minimum atomic E-state index is -0.995. The van der Waals surface area contributed by atoms with Crippen LogP contribution >= 0.6 is 11.3 Å². The van der Waals surface area contributed by atoms with Gasteiger partial charge in [-0.25, -0.2) is 18.7 Å². The van der Waals surface area contributed by atoms with Gasteiger partial charge in [-0.05, 0) is 18.2 Å². The highest BCUT2D eigenvalue weighted by atomic mass is 32.1. The highest BCUT2D eigenvalue weighted by molar-refractivity contribution is 7.18. The molecule has 4 N–H and O–H groups in total. The van der Waals surface area contributed by atoms with Gasteiger partial charge >= 0.3 is 0 Å². The van der Waals surface area contributed by atoms with Gasteiger partial charge in [0.1, 0.15) is 26.9 Å². The molecule has 3 aromatic rings. The van der Waals surface area contributed by atoms with Crippen molar-refractivity contribution < 1.29 is 18.3 Å². The topological polar surface area (TPSA) is 104 Å². The molecule has 0 atom stereocenters. The molecule has 3 rings (SSSR count). The molecule has 0 aliphatic heterocycles. The molecule has 2 aromatic heterocycles. The van der Waals surface area contributed by atoms with Crippen LogP contribution in [-0.2, 0) is 11.2 Å². The first-order valence-corrected chi connectivity index (χ1v) is 7.22. The Balaban J connectivity index is 1.92. The van der Waals surface area contributed by atoms with Gasteiger partial charge in [0, 0.05) is 6.07 Å². The number of nitrogen functional groups attached to an aromatic ring is 1. The fourth-order valence-electron chi connectivity index (χ4n) is 1.87. The van der Waals surface area contributed by atoms with Crippen LogP contribution in [-0.4, -0.2) is 15.9 Å². The molecule has 9 heteroatoms. The Kier molecular flexibility index (Phi) is 3.78. The molecule has 0 aliphatic carbocycles. The van der Waals surface area contributed by atoms with Gasteiger partial charge in [-0.15, -0.1) is 0 Å². The number of halogens is 2. The molecule has 0 radical (unpaired) electrons. The number of amides is 1. The number of nitrogens with two attached hydrogens (primary N) is 2. The zero-order valence-electron chi connectivity index (χ0n) is 11.5. The summed E-state index contributed by atoms with van der Waals surface area (Å²) in [6.07, 6.45) is 0.0142. The van der Waals surface area contributed by atoms with Gasteiger partial charge in [-0.2, -0.15) is 0 Å². The van der Waals surface area contributed by atoms with Crippen molar-refractivity contribution in [3.8, 4) is 11.6 Å². The summed E-state index contributed by atoms with van der Waals surface area (Å²) >= 11 is 1.18. The van der Waals surface area contributed by atoms with Crippen LogP contribution in [0, 0.1) is 11.6 Å². The lowest BCUT2D eigenvalue weighted by atomic mass is 10.3. The van der Waals surface area contributed by atoms with Crippen LogP contribution in [0.25, 0.3) is 10.3 Å². The van der Waals surface area contributed by atoms with Gasteiger partial charge in [0.15, 0.2) is 11.6 Å². The predicted molar refractivity (Wildman–Crippen MR) is 81.2 cm³/mol. The zero-order chi connectivity index (χ0) is 16.6. The normalized spacial score (nSPS) is 10.9. The van der Waals surface area contributed by atoms with E-state index in [2.05, 4.69) is 9.97 Å². The Hall–Kier alpha value is -2.81. The van der Waals surface area contributed by atoms with Crippen LogP contribution in [0.2, 0.25) is 0 Å². The number of carbonyl (C=O) groups excluding carboxylic acids is 1. The molecule has 0 saturated heterocycles. The third-order valence-corrected chi connectivity index (χ3v) is 3.87. The third-order valence-electron chi connectivity index (χ3n) is 2.91. The second kappa shape index (κ2) is 5.76. The first-order valence-electron chi connectivity index (χ1n) is 6.40. The van der Waals surface area contributed by atoms with Crippen LogP contribution < -0.4 is 16.2 Å². The number of rotatable bonds is 4. The number of benzene rings is 1. The molecule has 6 nitrogen and oxygen atoms in total. The molecule has 0 saturated carbocycles. The molecule has 23 heavy (non-hydrogen) atoms. The van der Waals surface area contributed by atoms with Gasteiger partial charge in [-0.3, -0.25) is 4.79 Å². The average Bonchev–Trinajstić information content (AvgIpc) is 2.88. The minimum Gasteiger partial charge on any atom is -0.436 e. The van der Waals surface area contributed by atoms with E-state index in [0.29, 0.717) is 15.4 Å². The fourth-order valence-corrected chi connectivity index (χ4v) is 2.80. The third kappa shape index (κ3) is 3.04. The summed E-state index contributed by atoms with van der Waals surface area (Å²) in [5.74, 6) is -2.50. The highest BCUT2D eigenvalue weighted by Crippen LogP contribution is 2.30. The first kappa shape index (κ1) is 15.1. The molecule has 0 unspecified atom stereocenters. The second-order valence-electron chi connectivity index (χ2n) is 4.60. The van der Waals surface area contributed by atoms with E-state index in [1.54, 1.807) is 6.07 Å². The van der Waals surface area contributed by atoms with Crippen molar-refractivity contribution in [1.82, 2.24) is 9.97 Å². The molecule has 118 valence electrons. The maximum absolute atomic E-state index is 13.8. The number of carbonyl (C=O) groups is 1. The molecule has 1 aromatic carbocycles. The summed E-state index contributed by atoms with van der Waals surface area (Å²) in [6, 6.07) is 5.22. The number of hydrogen-bond donors (Lipinski definition) is 2. The number of aromatic nitrogens is 2. The molecule has 1 amide bonds. The molecule has 0 aliphatic rings. The van der Waals surface area contributed by atoms with Crippen molar-refractivity contribution >= 4 is 33.3 Å². The lowest BCUT2D eigenvalue weighted by Gasteiger charge is -2.07. The number of primary amides is 1. The predicted octanol–water partition coefficient (Wildman–Crippen LogP) is 2.37. The zero-order valence-corrected chi connectivity index (χ0v) is 12.4. The number of thiazole rings is 1. The Labute approximate surface area is 132 Å². The smallest absolute Gasteiger partial charge is 0.224 e. The Morgan fingerprint density at radius 1 is 1.22 bits per heavy atom. The van der Waals surface area contributed by atoms with Crippen LogP contribution in [0.4, 0.5) is 14.5 Å². The summed E-state index contributed by atoms with van der Waals surface area (Å²) in [5.41, 5.74) is 10.3. The molecule has 0 bridgehead atoms. The van der Waals surface area contributed by atoms with E-state index in [1.807, 2.05) is 0 Å². The van der Waals surface area contributed by atoms with E-state index in [0.717, 1.165) is 12.1 Å². The number of hydrogen-bond acceptors (Lipinski definition) is 6. The van der Waals surface area contributed by atoms with Crippen molar-refractivity contribution in [2.75, 3.05) is 5.73 Å². The minimum absolute atomic E-state index is 0.0142. The number of fused-ring (bicyclic) bond motifs is 1. The summed E-state index contributed by atoms with van der Waals surface area (Å²) in [4.78, 5) is 19.8. The van der Waals surface area contributed by atoms with Crippen LogP contribution in [0.1, 0.15) is 5.01 Å². The van der Waals surface area contributed by atoms with Crippen molar-refractivity contribution in [2.24, 2.45) is 5.73 Å². The summed E-state index contributed by atoms with van der Waals surface area (Å²) in [6.45, 7) is 0. The highest BCUT2D eigenvalue weighted by Gasteiger charge is 2.14. The lowest BCUT2D eigenvalue weighted by molar-refractivity contribution is -0.117. The average molecular weight is 336 g/mol. The maximum atomic E-state index is 13.8. The van der Waals surface area contributed by atoms with E-state index in [9.17, 15) is 13.6 Å². The van der Waals surface area contributed by atoms with Gasteiger partial charge < -0.3 is 16.2 Å². The van der Waals surface area contributed by atoms with Crippen LogP contribution in [0.5, 0.6) is 11.6 Å². The van der Waals surface area contributed by atoms with Crippen molar-refractivity contribution in [2.45, 2.75) is 6.42 Å². The second-order valence-corrected chi connectivity index (χ2v) is 5.66. The van der Waals surface area contributed by atoms with E-state index >= 15 is 0 Å². The fraction of sp³-hybridized carbons (Fsp3) is 0.0714. The number of pyridine rings is 1. The number of anilines is 1. The first-order chi connectivity index (χ1) is 10.9. The summed E-state index contributed by atoms with van der Waals surface area (Å²) in [5, 5.41) is 0.523. The number of nitrogens with zero attached hydrogens (tertiary/aromatic N) is 2. The van der Waals surface area contributed by atoms with Gasteiger partial charge in [0.25, 0.3) is 0 Å². The van der Waals surface area contributed by atoms with E-state index in [1.165, 1.54) is 17.4 Å². The Morgan fingerprint density at radius 2 is 2.00 bits per heavy atom. The summed E-state index contributed by atoms with van der Waals surface area (Å²) in [7, 11) is 0. The van der Waals surface area contributed by atoms with E-state index in [4.69, 9.17) is 16.2 Å². The lowest BCUT2D eigenvalue weighted by Crippen LogP contribution is -2.13. The standard InChI is InChI=1S/C14H10F2N4O2S/c15-6-1-3-8(12(16)13(6)18)22-10-4-2-7-14(20-10)23-11(19-7)5-9(17)21/h1-4H,5,18H2,(H2,17,21). The maximum Gasteiger partial charge on any atom is 0.224 e. The monoisotopic (exact) mass is 336 g/mol. The van der Waals surface area contributed by atoms with E-state index < -0.39 is 23.2 Å². The quantitative estimate of drug-likeness (QED) is 0.712. The molecule has 0 fully saturated rings. The van der Waals surface area contributed by atoms with Crippen LogP contribution in [0.15, 0.2) is 24.3 Å². The van der Waals surface area contributed by atoms with E-state index in [-0.39, 0.29) is 18.1 Å². The Bertz CT molecular complexity index is 913. The SMILES string of the molecule is NC(=O)Cc1nc2ccc(Oc3ccc(F)c(N)c3F)nc2s1. The Morgan fingerprint density at radius 3 is 2.74 bits per heavy atom. The van der Waals surface area contributed by atoms with Crippen molar-refractivity contribution in [1.29, 1.82) is 0 Å². The van der Waals surface area contributed by atoms with Gasteiger partial charge in [0.2, 0.25) is 11.8 Å². The van der Waals surface area contributed by atoms with Crippen LogP contribution in [0.3, 0.4) is 0 Å². The molecule has 2 heterocycles. The molecular formula is C14H10F2N4O2S. The summed E-state index contributed by atoms with van der Waals surface area (Å²) < 4.78 is 32.3. The number of ether oxygens (including phenoxy) is 1. The van der Waals surface area contributed by atoms with Crippen molar-refractivity contribution in [3.05, 3.63) is 40.9 Å². The van der Waals surface area contributed by atoms with Gasteiger partial charge in [-0.1, -0.05) is 11.3 Å².